The third kappa shape index (κ3) is 2.90. The van der Waals surface area contributed by atoms with Gasteiger partial charge in [0.2, 0.25) is 0 Å². The Morgan fingerprint density at radius 1 is 1.00 bits per heavy atom. The fraction of sp³-hybridized carbons (Fsp3) is 0.643. The van der Waals surface area contributed by atoms with Gasteiger partial charge in [0.25, 0.3) is 5.91 Å². The lowest BCUT2D eigenvalue weighted by molar-refractivity contribution is 0.0717. The zero-order valence-electron chi connectivity index (χ0n) is 11.6. The second-order valence-corrected chi connectivity index (χ2v) is 5.23. The third-order valence-electron chi connectivity index (χ3n) is 3.85. The maximum absolute atomic E-state index is 12.3. The lowest BCUT2D eigenvalue weighted by Crippen LogP contribution is -2.38. The topological polar surface area (TPSA) is 58.6 Å². The normalized spacial score (nSPS) is 20.0. The Bertz CT molecular complexity index is 451. The van der Waals surface area contributed by atoms with Gasteiger partial charge in [0.1, 0.15) is 0 Å². The quantitative estimate of drug-likeness (QED) is 0.804. The van der Waals surface area contributed by atoms with E-state index in [-0.39, 0.29) is 5.91 Å². The number of hydrogen-bond donors (Lipinski definition) is 0. The van der Waals surface area contributed by atoms with Gasteiger partial charge in [-0.05, 0) is 31.4 Å². The van der Waals surface area contributed by atoms with E-state index in [1.54, 1.807) is 6.07 Å². The van der Waals surface area contributed by atoms with E-state index in [9.17, 15) is 4.79 Å². The summed E-state index contributed by atoms with van der Waals surface area (Å²) >= 11 is 0. The van der Waals surface area contributed by atoms with Gasteiger partial charge >= 0.3 is 0 Å². The number of nitrogens with zero attached hydrogens (tertiary/aromatic N) is 4. The van der Waals surface area contributed by atoms with Crippen molar-refractivity contribution in [2.24, 2.45) is 0 Å². The summed E-state index contributed by atoms with van der Waals surface area (Å²) in [6.07, 6.45) is 3.39. The van der Waals surface area contributed by atoms with E-state index in [4.69, 9.17) is 4.74 Å². The highest BCUT2D eigenvalue weighted by Crippen LogP contribution is 2.14. The van der Waals surface area contributed by atoms with Crippen LogP contribution in [0.25, 0.3) is 0 Å². The highest BCUT2D eigenvalue weighted by atomic mass is 16.5. The van der Waals surface area contributed by atoms with Crippen LogP contribution in [0.2, 0.25) is 0 Å². The molecule has 0 bridgehead atoms. The highest BCUT2D eigenvalue weighted by Gasteiger charge is 2.20. The van der Waals surface area contributed by atoms with Crippen LogP contribution < -0.4 is 4.90 Å². The van der Waals surface area contributed by atoms with Crippen LogP contribution in [0.1, 0.15) is 29.8 Å². The Balaban J connectivity index is 1.67. The van der Waals surface area contributed by atoms with Gasteiger partial charge in [-0.1, -0.05) is 0 Å². The molecule has 0 N–H and O–H groups in total. The fourth-order valence-electron chi connectivity index (χ4n) is 2.66. The molecule has 0 aliphatic carbocycles. The van der Waals surface area contributed by atoms with Crippen molar-refractivity contribution in [3.63, 3.8) is 0 Å². The van der Waals surface area contributed by atoms with Gasteiger partial charge < -0.3 is 14.5 Å². The van der Waals surface area contributed by atoms with Crippen molar-refractivity contribution >= 4 is 11.7 Å². The SMILES string of the molecule is O=C(c1ccc(N2CCOCC2)nn1)N1CCCCC1. The van der Waals surface area contributed by atoms with Gasteiger partial charge in [0, 0.05) is 26.2 Å². The van der Waals surface area contributed by atoms with Crippen molar-refractivity contribution in [1.82, 2.24) is 15.1 Å². The molecule has 20 heavy (non-hydrogen) atoms. The lowest BCUT2D eigenvalue weighted by atomic mass is 10.1. The summed E-state index contributed by atoms with van der Waals surface area (Å²) in [5, 5.41) is 8.30. The summed E-state index contributed by atoms with van der Waals surface area (Å²) in [6.45, 7) is 4.77. The van der Waals surface area contributed by atoms with Crippen LogP contribution in [-0.4, -0.2) is 60.4 Å². The summed E-state index contributed by atoms with van der Waals surface area (Å²) in [4.78, 5) is 16.3. The second-order valence-electron chi connectivity index (χ2n) is 5.23. The summed E-state index contributed by atoms with van der Waals surface area (Å²) in [5.74, 6) is 0.828. The van der Waals surface area contributed by atoms with Crippen LogP contribution in [-0.2, 0) is 4.74 Å². The Morgan fingerprint density at radius 3 is 2.40 bits per heavy atom. The summed E-state index contributed by atoms with van der Waals surface area (Å²) in [5.41, 5.74) is 0.448. The maximum atomic E-state index is 12.3. The number of anilines is 1. The molecule has 0 spiro atoms. The molecule has 0 aromatic carbocycles. The molecule has 0 atom stereocenters. The third-order valence-corrected chi connectivity index (χ3v) is 3.85. The van der Waals surface area contributed by atoms with Crippen molar-refractivity contribution in [3.8, 4) is 0 Å². The van der Waals surface area contributed by atoms with Crippen LogP contribution in [0.4, 0.5) is 5.82 Å². The number of rotatable bonds is 2. The van der Waals surface area contributed by atoms with Gasteiger partial charge in [-0.3, -0.25) is 4.79 Å². The molecule has 2 aliphatic rings. The van der Waals surface area contributed by atoms with E-state index in [2.05, 4.69) is 15.1 Å². The average Bonchev–Trinajstić information content (AvgIpc) is 2.56. The van der Waals surface area contributed by atoms with Gasteiger partial charge in [0.05, 0.1) is 13.2 Å². The molecule has 0 unspecified atom stereocenters. The van der Waals surface area contributed by atoms with Crippen LogP contribution >= 0.6 is 0 Å². The number of amides is 1. The second kappa shape index (κ2) is 6.17. The van der Waals surface area contributed by atoms with E-state index in [1.807, 2.05) is 11.0 Å². The Morgan fingerprint density at radius 2 is 1.75 bits per heavy atom. The standard InChI is InChI=1S/C14H20N4O2/c19-14(18-6-2-1-3-7-18)12-4-5-13(16-15-12)17-8-10-20-11-9-17/h4-5H,1-3,6-11H2. The first kappa shape index (κ1) is 13.3. The maximum Gasteiger partial charge on any atom is 0.274 e. The minimum atomic E-state index is 0.00530. The Hall–Kier alpha value is -1.69. The molecule has 6 heteroatoms. The predicted molar refractivity (Wildman–Crippen MR) is 74.8 cm³/mol. The van der Waals surface area contributed by atoms with Gasteiger partial charge in [-0.2, -0.15) is 0 Å². The summed E-state index contributed by atoms with van der Waals surface area (Å²) in [7, 11) is 0. The molecule has 6 nitrogen and oxygen atoms in total. The Labute approximate surface area is 118 Å². The number of aromatic nitrogens is 2. The number of piperidine rings is 1. The van der Waals surface area contributed by atoms with Gasteiger partial charge in [-0.15, -0.1) is 10.2 Å². The molecular weight excluding hydrogens is 256 g/mol. The molecule has 3 heterocycles. The number of carbonyl (C=O) groups excluding carboxylic acids is 1. The Kier molecular flexibility index (Phi) is 4.11. The molecule has 3 rings (SSSR count). The zero-order valence-corrected chi connectivity index (χ0v) is 11.6. The number of ether oxygens (including phenoxy) is 1. The van der Waals surface area contributed by atoms with Gasteiger partial charge in [-0.25, -0.2) is 0 Å². The van der Waals surface area contributed by atoms with E-state index in [1.165, 1.54) is 6.42 Å². The van der Waals surface area contributed by atoms with E-state index in [0.717, 1.165) is 58.1 Å². The first-order chi connectivity index (χ1) is 9.84. The molecule has 2 aliphatic heterocycles. The van der Waals surface area contributed by atoms with E-state index >= 15 is 0 Å². The zero-order chi connectivity index (χ0) is 13.8. The molecule has 108 valence electrons. The average molecular weight is 276 g/mol. The summed E-state index contributed by atoms with van der Waals surface area (Å²) < 4.78 is 5.31. The van der Waals surface area contributed by atoms with E-state index < -0.39 is 0 Å². The minimum Gasteiger partial charge on any atom is -0.378 e. The molecule has 1 aromatic rings. The lowest BCUT2D eigenvalue weighted by Gasteiger charge is -2.28. The van der Waals surface area contributed by atoms with E-state index in [0.29, 0.717) is 5.69 Å². The number of carbonyl (C=O) groups is 1. The van der Waals surface area contributed by atoms with Crippen LogP contribution in [0.3, 0.4) is 0 Å². The fourth-order valence-corrected chi connectivity index (χ4v) is 2.66. The van der Waals surface area contributed by atoms with Crippen LogP contribution in [0.5, 0.6) is 0 Å². The molecular formula is C14H20N4O2. The number of morpholine rings is 1. The molecule has 0 saturated carbocycles. The monoisotopic (exact) mass is 276 g/mol. The molecule has 2 fully saturated rings. The molecule has 0 radical (unpaired) electrons. The van der Waals surface area contributed by atoms with Crippen molar-refractivity contribution in [1.29, 1.82) is 0 Å². The van der Waals surface area contributed by atoms with Crippen molar-refractivity contribution in [3.05, 3.63) is 17.8 Å². The molecule has 1 amide bonds. The van der Waals surface area contributed by atoms with Gasteiger partial charge in [0.15, 0.2) is 11.5 Å². The van der Waals surface area contributed by atoms with Crippen molar-refractivity contribution in [2.45, 2.75) is 19.3 Å². The minimum absolute atomic E-state index is 0.00530. The highest BCUT2D eigenvalue weighted by molar-refractivity contribution is 5.92. The number of likely N-dealkylation sites (tertiary alicyclic amines) is 1. The van der Waals surface area contributed by atoms with Crippen molar-refractivity contribution < 1.29 is 9.53 Å². The molecule has 1 aromatic heterocycles. The molecule has 2 saturated heterocycles. The van der Waals surface area contributed by atoms with Crippen molar-refractivity contribution in [2.75, 3.05) is 44.3 Å². The first-order valence-electron chi connectivity index (χ1n) is 7.30. The van der Waals surface area contributed by atoms with Crippen LogP contribution in [0.15, 0.2) is 12.1 Å². The largest absolute Gasteiger partial charge is 0.378 e. The predicted octanol–water partition coefficient (Wildman–Crippen LogP) is 0.939. The number of hydrogen-bond acceptors (Lipinski definition) is 5. The first-order valence-corrected chi connectivity index (χ1v) is 7.30. The van der Waals surface area contributed by atoms with Crippen LogP contribution in [0, 0.1) is 0 Å². The summed E-state index contributed by atoms with van der Waals surface area (Å²) in [6, 6.07) is 3.67. The smallest absolute Gasteiger partial charge is 0.274 e.